The number of hydrogen-bond donors (Lipinski definition) is 1. The highest BCUT2D eigenvalue weighted by Crippen LogP contribution is 2.52. The summed E-state index contributed by atoms with van der Waals surface area (Å²) in [7, 11) is 3.43. The van der Waals surface area contributed by atoms with Crippen molar-refractivity contribution in [2.24, 2.45) is 0 Å². The molecule has 3 rings (SSSR count). The van der Waals surface area contributed by atoms with Crippen molar-refractivity contribution in [3.63, 3.8) is 0 Å². The van der Waals surface area contributed by atoms with E-state index in [2.05, 4.69) is 49.4 Å². The van der Waals surface area contributed by atoms with Gasteiger partial charge >= 0.3 is 5.97 Å². The van der Waals surface area contributed by atoms with Gasteiger partial charge in [-0.25, -0.2) is 0 Å². The molecule has 1 aliphatic heterocycles. The van der Waals surface area contributed by atoms with Crippen molar-refractivity contribution in [1.82, 2.24) is 0 Å². The zero-order valence-electron chi connectivity index (χ0n) is 19.3. The Hall–Kier alpha value is -2.40. The molecule has 2 atom stereocenters. The van der Waals surface area contributed by atoms with E-state index in [4.69, 9.17) is 14.6 Å². The number of carbonyl (C=O) groups is 1. The number of benzene rings is 2. The number of aliphatic carboxylic acids is 1. The fourth-order valence-electron chi connectivity index (χ4n) is 4.55. The number of carboxylic acid groups (broad SMARTS) is 1. The summed E-state index contributed by atoms with van der Waals surface area (Å²) < 4.78 is 10.8. The largest absolute Gasteiger partial charge is 0.497 e. The van der Waals surface area contributed by atoms with Gasteiger partial charge in [-0.05, 0) is 60.6 Å². The summed E-state index contributed by atoms with van der Waals surface area (Å²) in [6.45, 7) is 2.40. The molecular weight excluding hydrogens is 420 g/mol. The maximum Gasteiger partial charge on any atom is 0.307 e. The average Bonchev–Trinajstić information content (AvgIpc) is 2.81. The van der Waals surface area contributed by atoms with Gasteiger partial charge < -0.3 is 14.6 Å². The number of rotatable bonds is 11. The highest BCUT2D eigenvalue weighted by molar-refractivity contribution is 7.99. The van der Waals surface area contributed by atoms with Gasteiger partial charge in [-0.15, -0.1) is 11.8 Å². The zero-order valence-corrected chi connectivity index (χ0v) is 20.1. The molecule has 0 saturated heterocycles. The molecule has 0 spiro atoms. The van der Waals surface area contributed by atoms with Crippen LogP contribution < -0.4 is 9.47 Å². The third kappa shape index (κ3) is 5.89. The summed E-state index contributed by atoms with van der Waals surface area (Å²) in [5.41, 5.74) is 2.82. The summed E-state index contributed by atoms with van der Waals surface area (Å²) in [5.74, 6) is 2.49. The Morgan fingerprint density at radius 2 is 1.78 bits per heavy atom. The van der Waals surface area contributed by atoms with Crippen LogP contribution in [0, 0.1) is 0 Å². The van der Waals surface area contributed by atoms with Gasteiger partial charge in [0.1, 0.15) is 11.5 Å². The number of unbranched alkanes of at least 4 members (excludes halogenated alkanes) is 3. The molecule has 172 valence electrons. The van der Waals surface area contributed by atoms with Gasteiger partial charge in [0.2, 0.25) is 0 Å². The molecule has 1 N–H and O–H groups in total. The Kier molecular flexibility index (Phi) is 8.68. The number of hydrogen-bond acceptors (Lipinski definition) is 4. The van der Waals surface area contributed by atoms with Crippen LogP contribution in [0.2, 0.25) is 0 Å². The lowest BCUT2D eigenvalue weighted by molar-refractivity contribution is -0.136. The second-order valence-corrected chi connectivity index (χ2v) is 9.62. The molecule has 5 heteroatoms. The molecule has 1 unspecified atom stereocenters. The van der Waals surface area contributed by atoms with Crippen molar-refractivity contribution < 1.29 is 19.4 Å². The minimum Gasteiger partial charge on any atom is -0.497 e. The molecule has 1 heterocycles. The Morgan fingerprint density at radius 1 is 1.06 bits per heavy atom. The maximum atomic E-state index is 10.6. The summed E-state index contributed by atoms with van der Waals surface area (Å²) in [6.07, 6.45) is 9.31. The first-order chi connectivity index (χ1) is 15.5. The highest BCUT2D eigenvalue weighted by Gasteiger charge is 2.41. The SMILES string of the molecule is COc1ccc([C@@]2(C)CSc3cc(OC)ccc3C2CCCCC/C=C/CC(=O)O)cc1. The van der Waals surface area contributed by atoms with Crippen molar-refractivity contribution in [3.8, 4) is 11.5 Å². The number of ether oxygens (including phenoxy) is 2. The molecule has 0 radical (unpaired) electrons. The monoisotopic (exact) mass is 454 g/mol. The van der Waals surface area contributed by atoms with Crippen LogP contribution in [-0.4, -0.2) is 31.0 Å². The van der Waals surface area contributed by atoms with Crippen molar-refractivity contribution >= 4 is 17.7 Å². The van der Waals surface area contributed by atoms with Gasteiger partial charge in [-0.2, -0.15) is 0 Å². The van der Waals surface area contributed by atoms with E-state index in [1.807, 2.05) is 17.8 Å². The van der Waals surface area contributed by atoms with Crippen LogP contribution >= 0.6 is 11.8 Å². The third-order valence-electron chi connectivity index (χ3n) is 6.46. The predicted molar refractivity (Wildman–Crippen MR) is 131 cm³/mol. The lowest BCUT2D eigenvalue weighted by Gasteiger charge is -2.43. The van der Waals surface area contributed by atoms with Crippen LogP contribution in [0.15, 0.2) is 59.5 Å². The van der Waals surface area contributed by atoms with E-state index in [1.54, 1.807) is 20.3 Å². The number of allylic oxidation sites excluding steroid dienone is 1. The average molecular weight is 455 g/mol. The zero-order chi connectivity index (χ0) is 23.0. The van der Waals surface area contributed by atoms with Crippen molar-refractivity contribution in [1.29, 1.82) is 0 Å². The molecule has 2 aromatic rings. The Morgan fingerprint density at radius 3 is 2.47 bits per heavy atom. The summed E-state index contributed by atoms with van der Waals surface area (Å²) in [4.78, 5) is 11.9. The van der Waals surface area contributed by atoms with E-state index >= 15 is 0 Å². The number of carboxylic acids is 1. The fraction of sp³-hybridized carbons (Fsp3) is 0.444. The van der Waals surface area contributed by atoms with Crippen LogP contribution in [0.1, 0.15) is 62.5 Å². The molecule has 4 nitrogen and oxygen atoms in total. The quantitative estimate of drug-likeness (QED) is 0.298. The lowest BCUT2D eigenvalue weighted by atomic mass is 9.68. The van der Waals surface area contributed by atoms with E-state index < -0.39 is 5.97 Å². The predicted octanol–water partition coefficient (Wildman–Crippen LogP) is 6.83. The lowest BCUT2D eigenvalue weighted by Crippen LogP contribution is -2.36. The van der Waals surface area contributed by atoms with Crippen LogP contribution in [0.5, 0.6) is 11.5 Å². The molecule has 1 aliphatic rings. The first-order valence-electron chi connectivity index (χ1n) is 11.3. The smallest absolute Gasteiger partial charge is 0.307 e. The summed E-state index contributed by atoms with van der Waals surface area (Å²) in [6, 6.07) is 15.1. The van der Waals surface area contributed by atoms with E-state index in [1.165, 1.54) is 16.0 Å². The molecular formula is C27H34O4S. The van der Waals surface area contributed by atoms with Gasteiger partial charge in [0.05, 0.1) is 20.6 Å². The van der Waals surface area contributed by atoms with E-state index in [-0.39, 0.29) is 11.8 Å². The Balaban J connectivity index is 1.74. The third-order valence-corrected chi connectivity index (χ3v) is 7.87. The maximum absolute atomic E-state index is 10.6. The topological polar surface area (TPSA) is 55.8 Å². The molecule has 0 saturated carbocycles. The fourth-order valence-corrected chi connectivity index (χ4v) is 5.95. The summed E-state index contributed by atoms with van der Waals surface area (Å²) >= 11 is 1.92. The van der Waals surface area contributed by atoms with E-state index in [0.29, 0.717) is 5.92 Å². The number of methoxy groups -OCH3 is 2. The van der Waals surface area contributed by atoms with Crippen LogP contribution in [0.4, 0.5) is 0 Å². The van der Waals surface area contributed by atoms with Gasteiger partial charge in [-0.1, -0.05) is 50.1 Å². The molecule has 0 aromatic heterocycles. The molecule has 0 aliphatic carbocycles. The van der Waals surface area contributed by atoms with E-state index in [9.17, 15) is 4.79 Å². The van der Waals surface area contributed by atoms with Crippen molar-refractivity contribution in [3.05, 3.63) is 65.7 Å². The second kappa shape index (κ2) is 11.5. The molecule has 0 amide bonds. The van der Waals surface area contributed by atoms with Gasteiger partial charge in [0.25, 0.3) is 0 Å². The Bertz CT molecular complexity index is 922. The van der Waals surface area contributed by atoms with Gasteiger partial charge in [0.15, 0.2) is 0 Å². The minimum atomic E-state index is -0.774. The van der Waals surface area contributed by atoms with Crippen LogP contribution in [0.25, 0.3) is 0 Å². The molecule has 0 bridgehead atoms. The number of fused-ring (bicyclic) bond motifs is 1. The van der Waals surface area contributed by atoms with Crippen LogP contribution in [-0.2, 0) is 10.2 Å². The van der Waals surface area contributed by atoms with Crippen LogP contribution in [0.3, 0.4) is 0 Å². The first kappa shape index (κ1) is 24.2. The molecule has 2 aromatic carbocycles. The molecule has 32 heavy (non-hydrogen) atoms. The normalized spacial score (nSPS) is 20.2. The standard InChI is InChI=1S/C27H34O4S/c1-27(20-12-14-21(30-2)15-13-20)19-32-25-18-22(31-3)16-17-23(25)24(27)10-8-6-4-5-7-9-11-26(28)29/h7,9,12-18,24H,4-6,8,10-11,19H2,1-3H3,(H,28,29)/b9-7+/t24?,27-/m1/s1. The second-order valence-electron chi connectivity index (χ2n) is 8.60. The van der Waals surface area contributed by atoms with Gasteiger partial charge in [0, 0.05) is 16.1 Å². The van der Waals surface area contributed by atoms with Crippen molar-refractivity contribution in [2.75, 3.05) is 20.0 Å². The van der Waals surface area contributed by atoms with E-state index in [0.717, 1.165) is 49.4 Å². The first-order valence-corrected chi connectivity index (χ1v) is 12.3. The van der Waals surface area contributed by atoms with Crippen molar-refractivity contribution in [2.45, 2.75) is 61.7 Å². The highest BCUT2D eigenvalue weighted by atomic mass is 32.2. The molecule has 0 fully saturated rings. The van der Waals surface area contributed by atoms with Gasteiger partial charge in [-0.3, -0.25) is 4.79 Å². The minimum absolute atomic E-state index is 0.0416. The Labute approximate surface area is 196 Å². The summed E-state index contributed by atoms with van der Waals surface area (Å²) in [5, 5.41) is 8.72. The number of thioether (sulfide) groups is 1.